The molecule has 0 aliphatic carbocycles. The molecule has 3 unspecified atom stereocenters. The van der Waals surface area contributed by atoms with Gasteiger partial charge in [0.1, 0.15) is 31.0 Å². The number of carbonyl (C=O) groups excluding carboxylic acids is 2. The van der Waals surface area contributed by atoms with E-state index in [1.165, 1.54) is 0 Å². The van der Waals surface area contributed by atoms with E-state index in [2.05, 4.69) is 32.1 Å². The predicted molar refractivity (Wildman–Crippen MR) is 200 cm³/mol. The Morgan fingerprint density at radius 3 is 1.67 bits per heavy atom. The van der Waals surface area contributed by atoms with Crippen molar-refractivity contribution in [1.29, 1.82) is 0 Å². The van der Waals surface area contributed by atoms with Gasteiger partial charge < -0.3 is 39.4 Å². The summed E-state index contributed by atoms with van der Waals surface area (Å²) in [4.78, 5) is 25.1. The minimum absolute atomic E-state index is 0.160. The van der Waals surface area contributed by atoms with Gasteiger partial charge in [0.2, 0.25) is 0 Å². The number of unbranched alkanes of at least 4 members (excludes halogenated alkanes) is 4. The molecule has 6 atom stereocenters. The molecule has 0 saturated carbocycles. The molecule has 4 N–H and O–H groups in total. The van der Waals surface area contributed by atoms with Crippen LogP contribution in [0, 0.1) is 0 Å². The Morgan fingerprint density at radius 1 is 0.608 bits per heavy atom. The van der Waals surface area contributed by atoms with Crippen molar-refractivity contribution >= 4 is 11.9 Å². The van der Waals surface area contributed by atoms with Crippen molar-refractivity contribution in [2.75, 3.05) is 19.8 Å². The molecule has 0 bridgehead atoms. The summed E-state index contributed by atoms with van der Waals surface area (Å²) >= 11 is 0. The van der Waals surface area contributed by atoms with Crippen molar-refractivity contribution in [3.63, 3.8) is 0 Å². The highest BCUT2D eigenvalue weighted by molar-refractivity contribution is 5.70. The number of hydrogen-bond acceptors (Lipinski definition) is 10. The fraction of sp³-hybridized carbons (Fsp3) is 0.512. The predicted octanol–water partition coefficient (Wildman–Crippen LogP) is 6.20. The minimum atomic E-state index is -1.62. The summed E-state index contributed by atoms with van der Waals surface area (Å²) in [5.74, 6) is -0.958. The van der Waals surface area contributed by atoms with Gasteiger partial charge in [-0.1, -0.05) is 130 Å². The van der Waals surface area contributed by atoms with Crippen LogP contribution in [-0.4, -0.2) is 89.0 Å². The zero-order valence-corrected chi connectivity index (χ0v) is 30.3. The number of aliphatic hydroxyl groups is 4. The van der Waals surface area contributed by atoms with Gasteiger partial charge in [0.05, 0.1) is 13.2 Å². The highest BCUT2D eigenvalue weighted by atomic mass is 16.7. The molecular weight excluding hydrogens is 652 g/mol. The number of esters is 2. The van der Waals surface area contributed by atoms with E-state index in [1.807, 2.05) is 91.1 Å². The van der Waals surface area contributed by atoms with Crippen molar-refractivity contribution < 1.29 is 49.0 Å². The maximum Gasteiger partial charge on any atom is 0.306 e. The number of ether oxygens (including phenoxy) is 4. The Morgan fingerprint density at radius 2 is 1.12 bits per heavy atom. The van der Waals surface area contributed by atoms with E-state index in [0.717, 1.165) is 32.1 Å². The first-order chi connectivity index (χ1) is 24.8. The molecule has 1 aliphatic heterocycles. The van der Waals surface area contributed by atoms with E-state index in [-0.39, 0.29) is 26.1 Å². The third-order valence-corrected chi connectivity index (χ3v) is 7.38. The van der Waals surface area contributed by atoms with E-state index in [0.29, 0.717) is 19.3 Å². The van der Waals surface area contributed by atoms with Crippen LogP contribution in [0.1, 0.15) is 78.1 Å². The Labute approximate surface area is 304 Å². The number of rotatable bonds is 26. The highest BCUT2D eigenvalue weighted by Crippen LogP contribution is 2.22. The fourth-order valence-corrected chi connectivity index (χ4v) is 4.52. The molecule has 0 spiro atoms. The number of hydrogen-bond donors (Lipinski definition) is 4. The molecule has 1 aliphatic rings. The summed E-state index contributed by atoms with van der Waals surface area (Å²) < 4.78 is 21.9. The largest absolute Gasteiger partial charge is 0.462 e. The third-order valence-electron chi connectivity index (χ3n) is 7.38. The van der Waals surface area contributed by atoms with Gasteiger partial charge in [0.15, 0.2) is 12.4 Å². The van der Waals surface area contributed by atoms with Crippen LogP contribution in [-0.2, 0) is 28.5 Å². The fourth-order valence-electron chi connectivity index (χ4n) is 4.52. The highest BCUT2D eigenvalue weighted by Gasteiger charge is 2.44. The normalized spacial score (nSPS) is 22.5. The smallest absolute Gasteiger partial charge is 0.306 e. The lowest BCUT2D eigenvalue weighted by Crippen LogP contribution is -2.59. The van der Waals surface area contributed by atoms with Crippen LogP contribution in [0.2, 0.25) is 0 Å². The van der Waals surface area contributed by atoms with Gasteiger partial charge in [-0.05, 0) is 44.9 Å². The van der Waals surface area contributed by atoms with Crippen molar-refractivity contribution in [2.24, 2.45) is 0 Å². The number of carbonyl (C=O) groups is 2. The van der Waals surface area contributed by atoms with Gasteiger partial charge >= 0.3 is 11.9 Å². The van der Waals surface area contributed by atoms with E-state index in [9.17, 15) is 30.0 Å². The zero-order valence-electron chi connectivity index (χ0n) is 30.3. The number of allylic oxidation sites excluding steroid dienone is 18. The average Bonchev–Trinajstić information content (AvgIpc) is 3.13. The molecular formula is C41H60O10. The molecule has 0 amide bonds. The van der Waals surface area contributed by atoms with Crippen LogP contribution in [0.3, 0.4) is 0 Å². The molecule has 10 heteroatoms. The van der Waals surface area contributed by atoms with Gasteiger partial charge in [-0.2, -0.15) is 0 Å². The summed E-state index contributed by atoms with van der Waals surface area (Å²) in [5.41, 5.74) is 0. The topological polar surface area (TPSA) is 152 Å². The first kappa shape index (κ1) is 45.4. The first-order valence-electron chi connectivity index (χ1n) is 18.1. The molecule has 1 saturated heterocycles. The molecule has 1 rings (SSSR count). The lowest BCUT2D eigenvalue weighted by Gasteiger charge is -2.39. The van der Waals surface area contributed by atoms with Crippen LogP contribution >= 0.6 is 0 Å². The van der Waals surface area contributed by atoms with Crippen LogP contribution < -0.4 is 0 Å². The number of aliphatic hydroxyl groups excluding tert-OH is 4. The monoisotopic (exact) mass is 712 g/mol. The Kier molecular flexibility index (Phi) is 27.7. The standard InChI is InChI=1S/C41H60O10/c1-3-5-7-9-11-13-15-17-19-21-23-25-27-29-36(43)48-32-34(33-49-41-40(47)39(46)38(45)35(31-42)51-41)50-37(44)30-28-26-24-22-20-18-16-14-12-10-8-6-4-2/h5-21,23,34-35,38-42,45-47H,3-4,22,24-33H2,1-2H3/b7-5+,8-6+,11-9+,12-10+,15-13+,16-14+,19-17+,20-18+,23-21+/t34?,35-,38+,39?,40?,41-/m0/s1. The maximum absolute atomic E-state index is 12.7. The van der Waals surface area contributed by atoms with Crippen LogP contribution in [0.4, 0.5) is 0 Å². The average molecular weight is 713 g/mol. The van der Waals surface area contributed by atoms with E-state index < -0.39 is 55.4 Å². The van der Waals surface area contributed by atoms with Gasteiger partial charge in [-0.25, -0.2) is 0 Å². The summed E-state index contributed by atoms with van der Waals surface area (Å²) in [6.45, 7) is 2.96. The van der Waals surface area contributed by atoms with Crippen molar-refractivity contribution in [3.05, 3.63) is 109 Å². The zero-order chi connectivity index (χ0) is 37.4. The minimum Gasteiger partial charge on any atom is -0.462 e. The Hall–Kier alpha value is -3.64. The molecule has 51 heavy (non-hydrogen) atoms. The molecule has 284 valence electrons. The summed E-state index contributed by atoms with van der Waals surface area (Å²) in [7, 11) is 0. The second-order valence-electron chi connectivity index (χ2n) is 11.8. The van der Waals surface area contributed by atoms with E-state index in [4.69, 9.17) is 18.9 Å². The second kappa shape index (κ2) is 31.1. The third kappa shape index (κ3) is 23.5. The van der Waals surface area contributed by atoms with Crippen LogP contribution in [0.5, 0.6) is 0 Å². The second-order valence-corrected chi connectivity index (χ2v) is 11.8. The lowest BCUT2D eigenvalue weighted by molar-refractivity contribution is -0.305. The van der Waals surface area contributed by atoms with Gasteiger partial charge in [-0.3, -0.25) is 9.59 Å². The van der Waals surface area contributed by atoms with Crippen LogP contribution in [0.25, 0.3) is 0 Å². The molecule has 0 aromatic rings. The quantitative estimate of drug-likeness (QED) is 0.0463. The molecule has 1 fully saturated rings. The Bertz CT molecular complexity index is 1190. The molecule has 0 aromatic heterocycles. The Balaban J connectivity index is 2.54. The summed E-state index contributed by atoms with van der Waals surface area (Å²) in [6.07, 6.45) is 34.0. The molecule has 0 aromatic carbocycles. The van der Waals surface area contributed by atoms with Gasteiger partial charge in [-0.15, -0.1) is 0 Å². The lowest BCUT2D eigenvalue weighted by atomic mass is 9.99. The summed E-state index contributed by atoms with van der Waals surface area (Å²) in [5, 5.41) is 39.8. The van der Waals surface area contributed by atoms with Crippen molar-refractivity contribution in [1.82, 2.24) is 0 Å². The molecule has 1 heterocycles. The van der Waals surface area contributed by atoms with E-state index >= 15 is 0 Å². The molecule has 0 radical (unpaired) electrons. The molecule has 10 nitrogen and oxygen atoms in total. The maximum atomic E-state index is 12.7. The van der Waals surface area contributed by atoms with Gasteiger partial charge in [0.25, 0.3) is 0 Å². The van der Waals surface area contributed by atoms with Crippen LogP contribution in [0.15, 0.2) is 109 Å². The van der Waals surface area contributed by atoms with E-state index in [1.54, 1.807) is 0 Å². The van der Waals surface area contributed by atoms with Gasteiger partial charge in [0, 0.05) is 12.8 Å². The van der Waals surface area contributed by atoms with Crippen molar-refractivity contribution in [3.8, 4) is 0 Å². The SMILES string of the molecule is CC/C=C/C=C/C=C/C=C/C=C/CCCC(=O)OCC(CO[C@H]1O[C@@H](CO)[C@@H](O)C(O)C1O)OC(=O)CCCCC/C=C/C=C/C=C/C=C/CC. The van der Waals surface area contributed by atoms with Crippen molar-refractivity contribution in [2.45, 2.75) is 115 Å². The summed E-state index contributed by atoms with van der Waals surface area (Å²) in [6, 6.07) is 0. The first-order valence-corrected chi connectivity index (χ1v) is 18.1.